The van der Waals surface area contributed by atoms with Crippen LogP contribution in [0.1, 0.15) is 18.5 Å². The van der Waals surface area contributed by atoms with Crippen LogP contribution in [-0.4, -0.2) is 25.2 Å². The second-order valence-corrected chi connectivity index (χ2v) is 4.95. The lowest BCUT2D eigenvalue weighted by Crippen LogP contribution is -2.46. The summed E-state index contributed by atoms with van der Waals surface area (Å²) < 4.78 is 10.6. The van der Waals surface area contributed by atoms with E-state index >= 15 is 0 Å². The Labute approximate surface area is 128 Å². The third-order valence-electron chi connectivity index (χ3n) is 3.29. The average Bonchev–Trinajstić information content (AvgIpc) is 2.45. The standard InChI is InChI=1S/C14H17N3O3S/c1-7-11(13(15)18)12(17-14(21)16-7)9-5-4-8(19-2)6-10(9)20-3/h4-6,12H,1-3H3,(H2,15,18)(H2,16,17,21). The van der Waals surface area contributed by atoms with Crippen LogP contribution >= 0.6 is 12.2 Å². The fourth-order valence-electron chi connectivity index (χ4n) is 2.31. The molecular formula is C14H17N3O3S. The molecule has 1 amide bonds. The second kappa shape index (κ2) is 6.01. The van der Waals surface area contributed by atoms with Crippen molar-refractivity contribution >= 4 is 23.2 Å². The quantitative estimate of drug-likeness (QED) is 0.719. The minimum absolute atomic E-state index is 0.423. The predicted molar refractivity (Wildman–Crippen MR) is 83.1 cm³/mol. The lowest BCUT2D eigenvalue weighted by Gasteiger charge is -2.30. The summed E-state index contributed by atoms with van der Waals surface area (Å²) in [5.41, 5.74) is 7.31. The summed E-state index contributed by atoms with van der Waals surface area (Å²) in [6.45, 7) is 1.76. The van der Waals surface area contributed by atoms with E-state index < -0.39 is 11.9 Å². The van der Waals surface area contributed by atoms with E-state index in [0.29, 0.717) is 27.9 Å². The molecule has 0 radical (unpaired) electrons. The Bertz CT molecular complexity index is 628. The van der Waals surface area contributed by atoms with Gasteiger partial charge < -0.3 is 25.8 Å². The predicted octanol–water partition coefficient (Wildman–Crippen LogP) is 0.982. The van der Waals surface area contributed by atoms with E-state index in [1.807, 2.05) is 6.07 Å². The second-order valence-electron chi connectivity index (χ2n) is 4.54. The molecule has 1 aliphatic rings. The number of amides is 1. The number of carbonyl (C=O) groups is 1. The molecule has 0 bridgehead atoms. The zero-order valence-electron chi connectivity index (χ0n) is 12.0. The smallest absolute Gasteiger partial charge is 0.248 e. The molecule has 0 fully saturated rings. The Balaban J connectivity index is 2.55. The highest BCUT2D eigenvalue weighted by atomic mass is 32.1. The number of rotatable bonds is 4. The maximum atomic E-state index is 11.8. The van der Waals surface area contributed by atoms with Crippen LogP contribution in [0.3, 0.4) is 0 Å². The van der Waals surface area contributed by atoms with Crippen molar-refractivity contribution in [3.63, 3.8) is 0 Å². The molecule has 0 saturated heterocycles. The van der Waals surface area contributed by atoms with Gasteiger partial charge >= 0.3 is 0 Å². The number of thiocarbonyl (C=S) groups is 1. The lowest BCUT2D eigenvalue weighted by molar-refractivity contribution is -0.115. The van der Waals surface area contributed by atoms with Crippen LogP contribution in [0, 0.1) is 0 Å². The van der Waals surface area contributed by atoms with E-state index in [0.717, 1.165) is 5.56 Å². The van der Waals surface area contributed by atoms with Crippen LogP contribution in [0.15, 0.2) is 29.5 Å². The Morgan fingerprint density at radius 1 is 1.33 bits per heavy atom. The topological polar surface area (TPSA) is 85.6 Å². The highest BCUT2D eigenvalue weighted by Gasteiger charge is 2.30. The van der Waals surface area contributed by atoms with Gasteiger partial charge in [0.05, 0.1) is 25.8 Å². The molecule has 0 saturated carbocycles. The Morgan fingerprint density at radius 2 is 2.05 bits per heavy atom. The number of primary amides is 1. The molecule has 0 aliphatic carbocycles. The Hall–Kier alpha value is -2.28. The van der Waals surface area contributed by atoms with Crippen molar-refractivity contribution in [1.29, 1.82) is 0 Å². The van der Waals surface area contributed by atoms with Crippen LogP contribution in [0.4, 0.5) is 0 Å². The number of ether oxygens (including phenoxy) is 2. The van der Waals surface area contributed by atoms with Gasteiger partial charge in [0.25, 0.3) is 0 Å². The van der Waals surface area contributed by atoms with Crippen LogP contribution in [0.25, 0.3) is 0 Å². The van der Waals surface area contributed by atoms with Crippen molar-refractivity contribution in [2.45, 2.75) is 13.0 Å². The summed E-state index contributed by atoms with van der Waals surface area (Å²) in [5.74, 6) is 0.731. The minimum Gasteiger partial charge on any atom is -0.497 e. The summed E-state index contributed by atoms with van der Waals surface area (Å²) >= 11 is 5.15. The molecule has 1 heterocycles. The zero-order valence-corrected chi connectivity index (χ0v) is 12.8. The van der Waals surface area contributed by atoms with Gasteiger partial charge in [-0.2, -0.15) is 0 Å². The molecule has 112 valence electrons. The molecule has 0 aromatic heterocycles. The largest absolute Gasteiger partial charge is 0.497 e. The van der Waals surface area contributed by atoms with Gasteiger partial charge in [0.1, 0.15) is 11.5 Å². The van der Waals surface area contributed by atoms with Gasteiger partial charge in [-0.05, 0) is 31.3 Å². The fraction of sp³-hybridized carbons (Fsp3) is 0.286. The molecule has 2 rings (SSSR count). The van der Waals surface area contributed by atoms with Gasteiger partial charge in [-0.15, -0.1) is 0 Å². The van der Waals surface area contributed by atoms with E-state index in [4.69, 9.17) is 27.4 Å². The van der Waals surface area contributed by atoms with E-state index in [1.165, 1.54) is 0 Å². The average molecular weight is 307 g/mol. The minimum atomic E-state index is -0.516. The van der Waals surface area contributed by atoms with Crippen molar-refractivity contribution < 1.29 is 14.3 Å². The summed E-state index contributed by atoms with van der Waals surface area (Å²) in [6, 6.07) is 4.89. The first-order valence-electron chi connectivity index (χ1n) is 6.28. The molecule has 21 heavy (non-hydrogen) atoms. The molecule has 1 aromatic rings. The van der Waals surface area contributed by atoms with E-state index in [1.54, 1.807) is 33.3 Å². The first-order valence-corrected chi connectivity index (χ1v) is 6.68. The maximum Gasteiger partial charge on any atom is 0.248 e. The van der Waals surface area contributed by atoms with Gasteiger partial charge in [-0.1, -0.05) is 0 Å². The number of hydrogen-bond acceptors (Lipinski definition) is 4. The van der Waals surface area contributed by atoms with E-state index in [2.05, 4.69) is 10.6 Å². The highest BCUT2D eigenvalue weighted by molar-refractivity contribution is 7.80. The normalized spacial score (nSPS) is 17.9. The van der Waals surface area contributed by atoms with Crippen molar-refractivity contribution in [3.8, 4) is 11.5 Å². The summed E-state index contributed by atoms with van der Waals surface area (Å²) in [4.78, 5) is 11.8. The van der Waals surface area contributed by atoms with Crippen molar-refractivity contribution in [2.75, 3.05) is 14.2 Å². The highest BCUT2D eigenvalue weighted by Crippen LogP contribution is 2.34. The zero-order chi connectivity index (χ0) is 15.6. The number of carbonyl (C=O) groups excluding carboxylic acids is 1. The molecule has 1 unspecified atom stereocenters. The summed E-state index contributed by atoms with van der Waals surface area (Å²) in [5, 5.41) is 6.38. The number of allylic oxidation sites excluding steroid dienone is 1. The van der Waals surface area contributed by atoms with Gasteiger partial charge in [-0.3, -0.25) is 4.79 Å². The molecule has 1 aliphatic heterocycles. The van der Waals surface area contributed by atoms with Crippen LogP contribution < -0.4 is 25.8 Å². The third kappa shape index (κ3) is 2.92. The monoisotopic (exact) mass is 307 g/mol. The van der Waals surface area contributed by atoms with Gasteiger partial charge in [-0.25, -0.2) is 0 Å². The number of benzene rings is 1. The number of hydrogen-bond donors (Lipinski definition) is 3. The number of methoxy groups -OCH3 is 2. The van der Waals surface area contributed by atoms with E-state index in [9.17, 15) is 4.79 Å². The number of nitrogens with two attached hydrogens (primary N) is 1. The first kappa shape index (κ1) is 15.1. The molecule has 0 spiro atoms. The molecular weight excluding hydrogens is 290 g/mol. The SMILES string of the molecule is COc1ccc(C2NC(=S)NC(C)=C2C(N)=O)c(OC)c1. The third-order valence-corrected chi connectivity index (χ3v) is 3.51. The van der Waals surface area contributed by atoms with Gasteiger partial charge in [0.15, 0.2) is 5.11 Å². The lowest BCUT2D eigenvalue weighted by atomic mass is 9.94. The van der Waals surface area contributed by atoms with Crippen LogP contribution in [0.2, 0.25) is 0 Å². The molecule has 4 N–H and O–H groups in total. The van der Waals surface area contributed by atoms with Crippen molar-refractivity contribution in [3.05, 3.63) is 35.0 Å². The Morgan fingerprint density at radius 3 is 2.62 bits per heavy atom. The number of nitrogens with one attached hydrogen (secondary N) is 2. The van der Waals surface area contributed by atoms with Crippen molar-refractivity contribution in [1.82, 2.24) is 10.6 Å². The van der Waals surface area contributed by atoms with Gasteiger partial charge in [0, 0.05) is 17.3 Å². The maximum absolute atomic E-state index is 11.8. The van der Waals surface area contributed by atoms with Gasteiger partial charge in [0.2, 0.25) is 5.91 Å². The van der Waals surface area contributed by atoms with Crippen LogP contribution in [-0.2, 0) is 4.79 Å². The van der Waals surface area contributed by atoms with Crippen LogP contribution in [0.5, 0.6) is 11.5 Å². The Kier molecular flexibility index (Phi) is 4.32. The summed E-state index contributed by atoms with van der Waals surface area (Å²) in [6.07, 6.45) is 0. The molecule has 6 nitrogen and oxygen atoms in total. The molecule has 1 atom stereocenters. The fourth-order valence-corrected chi connectivity index (χ4v) is 2.58. The van der Waals surface area contributed by atoms with E-state index in [-0.39, 0.29) is 0 Å². The molecule has 1 aromatic carbocycles. The first-order chi connectivity index (χ1) is 9.97. The molecule has 7 heteroatoms. The van der Waals surface area contributed by atoms with Crippen molar-refractivity contribution in [2.24, 2.45) is 5.73 Å². The summed E-state index contributed by atoms with van der Waals surface area (Å²) in [7, 11) is 3.13.